The first-order valence-electron chi connectivity index (χ1n) is 7.48. The summed E-state index contributed by atoms with van der Waals surface area (Å²) in [6, 6.07) is 0.129. The Labute approximate surface area is 127 Å². The van der Waals surface area contributed by atoms with Crippen molar-refractivity contribution >= 4 is 12.0 Å². The van der Waals surface area contributed by atoms with Crippen LogP contribution in [0.5, 0.6) is 0 Å². The summed E-state index contributed by atoms with van der Waals surface area (Å²) in [4.78, 5) is 24.7. The van der Waals surface area contributed by atoms with Gasteiger partial charge in [-0.15, -0.1) is 0 Å². The summed E-state index contributed by atoms with van der Waals surface area (Å²) in [6.07, 6.45) is 3.13. The molecule has 0 aromatic carbocycles. The number of nitrogens with zero attached hydrogens (tertiary/aromatic N) is 1. The molecular weight excluding hydrogens is 272 g/mol. The Morgan fingerprint density at radius 1 is 1.14 bits per heavy atom. The fourth-order valence-corrected chi connectivity index (χ4v) is 2.17. The van der Waals surface area contributed by atoms with Gasteiger partial charge in [0, 0.05) is 20.1 Å². The summed E-state index contributed by atoms with van der Waals surface area (Å²) in [6.45, 7) is 5.67. The second kappa shape index (κ2) is 7.64. The van der Waals surface area contributed by atoms with Crippen LogP contribution in [-0.4, -0.2) is 55.3 Å². The van der Waals surface area contributed by atoms with Gasteiger partial charge >= 0.3 is 6.09 Å². The molecule has 0 saturated heterocycles. The third-order valence-corrected chi connectivity index (χ3v) is 3.34. The number of hydrogen-bond donors (Lipinski definition) is 1. The highest BCUT2D eigenvalue weighted by Gasteiger charge is 2.25. The van der Waals surface area contributed by atoms with Crippen LogP contribution in [0.4, 0.5) is 4.79 Å². The molecule has 0 heterocycles. The van der Waals surface area contributed by atoms with Gasteiger partial charge in [0.05, 0.1) is 6.10 Å². The molecule has 0 unspecified atom stereocenters. The van der Waals surface area contributed by atoms with Crippen molar-refractivity contribution in [3.63, 3.8) is 0 Å². The molecule has 0 aliphatic heterocycles. The fourth-order valence-electron chi connectivity index (χ4n) is 2.17. The van der Waals surface area contributed by atoms with Crippen LogP contribution in [-0.2, 0) is 14.3 Å². The molecule has 1 saturated carbocycles. The predicted octanol–water partition coefficient (Wildman–Crippen LogP) is 1.93. The van der Waals surface area contributed by atoms with Gasteiger partial charge in [-0.2, -0.15) is 0 Å². The van der Waals surface area contributed by atoms with Gasteiger partial charge in [0.2, 0.25) is 5.91 Å². The van der Waals surface area contributed by atoms with E-state index in [0.29, 0.717) is 0 Å². The maximum absolute atomic E-state index is 11.7. The highest BCUT2D eigenvalue weighted by Crippen LogP contribution is 2.21. The van der Waals surface area contributed by atoms with Crippen LogP contribution in [0.25, 0.3) is 0 Å². The molecule has 1 fully saturated rings. The maximum Gasteiger partial charge on any atom is 0.407 e. The van der Waals surface area contributed by atoms with Crippen LogP contribution in [0.3, 0.4) is 0 Å². The number of amides is 2. The standard InChI is InChI=1S/C15H28N2O4/c1-15(2,3)21-14(19)16-11-6-8-12(9-7-11)20-10-13(18)17(4)5/h11-12H,6-10H2,1-5H3,(H,16,19)/t11-,12-. The maximum atomic E-state index is 11.7. The lowest BCUT2D eigenvalue weighted by molar-refractivity contribution is -0.136. The van der Waals surface area contributed by atoms with Gasteiger partial charge in [-0.25, -0.2) is 4.79 Å². The molecule has 0 spiro atoms. The van der Waals surface area contributed by atoms with Crippen molar-refractivity contribution in [3.05, 3.63) is 0 Å². The van der Waals surface area contributed by atoms with Crippen molar-refractivity contribution in [2.75, 3.05) is 20.7 Å². The molecule has 0 bridgehead atoms. The van der Waals surface area contributed by atoms with Gasteiger partial charge in [0.1, 0.15) is 12.2 Å². The normalized spacial score (nSPS) is 22.5. The average molecular weight is 300 g/mol. The monoisotopic (exact) mass is 300 g/mol. The van der Waals surface area contributed by atoms with E-state index in [1.54, 1.807) is 14.1 Å². The number of likely N-dealkylation sites (N-methyl/N-ethyl adjacent to an activating group) is 1. The molecule has 122 valence electrons. The van der Waals surface area contributed by atoms with E-state index in [9.17, 15) is 9.59 Å². The summed E-state index contributed by atoms with van der Waals surface area (Å²) in [5.41, 5.74) is -0.475. The summed E-state index contributed by atoms with van der Waals surface area (Å²) >= 11 is 0. The summed E-state index contributed by atoms with van der Waals surface area (Å²) in [5, 5.41) is 2.89. The lowest BCUT2D eigenvalue weighted by atomic mass is 9.93. The number of hydrogen-bond acceptors (Lipinski definition) is 4. The third-order valence-electron chi connectivity index (χ3n) is 3.34. The second-order valence-electron chi connectivity index (χ2n) is 6.72. The van der Waals surface area contributed by atoms with Crippen LogP contribution >= 0.6 is 0 Å². The molecule has 1 aliphatic carbocycles. The molecule has 0 radical (unpaired) electrons. The molecule has 6 heteroatoms. The van der Waals surface area contributed by atoms with Crippen LogP contribution in [0.15, 0.2) is 0 Å². The molecule has 0 atom stereocenters. The summed E-state index contributed by atoms with van der Waals surface area (Å²) < 4.78 is 10.8. The number of rotatable bonds is 4. The first-order chi connectivity index (χ1) is 9.67. The van der Waals surface area contributed by atoms with E-state index in [4.69, 9.17) is 9.47 Å². The number of carbonyl (C=O) groups excluding carboxylic acids is 2. The highest BCUT2D eigenvalue weighted by atomic mass is 16.6. The fraction of sp³-hybridized carbons (Fsp3) is 0.867. The van der Waals surface area contributed by atoms with E-state index >= 15 is 0 Å². The van der Waals surface area contributed by atoms with E-state index < -0.39 is 5.60 Å². The van der Waals surface area contributed by atoms with Gasteiger partial charge in [-0.1, -0.05) is 0 Å². The topological polar surface area (TPSA) is 67.9 Å². The van der Waals surface area contributed by atoms with Gasteiger partial charge in [-0.05, 0) is 46.5 Å². The lowest BCUT2D eigenvalue weighted by Gasteiger charge is -2.30. The smallest absolute Gasteiger partial charge is 0.407 e. The predicted molar refractivity (Wildman–Crippen MR) is 80.1 cm³/mol. The van der Waals surface area contributed by atoms with Crippen LogP contribution in [0.1, 0.15) is 46.5 Å². The quantitative estimate of drug-likeness (QED) is 0.861. The third kappa shape index (κ3) is 7.32. The number of ether oxygens (including phenoxy) is 2. The Hall–Kier alpha value is -1.30. The highest BCUT2D eigenvalue weighted by molar-refractivity contribution is 5.76. The summed E-state index contributed by atoms with van der Waals surface area (Å²) in [5.74, 6) is -0.0241. The van der Waals surface area contributed by atoms with Crippen molar-refractivity contribution in [2.45, 2.75) is 64.2 Å². The molecule has 1 N–H and O–H groups in total. The largest absolute Gasteiger partial charge is 0.444 e. The van der Waals surface area contributed by atoms with E-state index in [1.165, 1.54) is 4.90 Å². The number of alkyl carbamates (subject to hydrolysis) is 1. The Morgan fingerprint density at radius 3 is 2.19 bits per heavy atom. The lowest BCUT2D eigenvalue weighted by Crippen LogP contribution is -2.42. The zero-order valence-electron chi connectivity index (χ0n) is 13.8. The van der Waals surface area contributed by atoms with E-state index in [2.05, 4.69) is 5.32 Å². The Morgan fingerprint density at radius 2 is 1.71 bits per heavy atom. The first-order valence-corrected chi connectivity index (χ1v) is 7.48. The zero-order chi connectivity index (χ0) is 16.0. The van der Waals surface area contributed by atoms with E-state index in [-0.39, 0.29) is 30.8 Å². The van der Waals surface area contributed by atoms with E-state index in [1.807, 2.05) is 20.8 Å². The zero-order valence-corrected chi connectivity index (χ0v) is 13.8. The van der Waals surface area contributed by atoms with Gasteiger partial charge < -0.3 is 19.7 Å². The Balaban J connectivity index is 2.23. The van der Waals surface area contributed by atoms with Gasteiger partial charge in [0.25, 0.3) is 0 Å². The van der Waals surface area contributed by atoms with Crippen LogP contribution < -0.4 is 5.32 Å². The number of nitrogens with one attached hydrogen (secondary N) is 1. The second-order valence-corrected chi connectivity index (χ2v) is 6.72. The van der Waals surface area contributed by atoms with Crippen molar-refractivity contribution in [3.8, 4) is 0 Å². The molecule has 0 aromatic heterocycles. The SMILES string of the molecule is CN(C)C(=O)CO[C@H]1CC[C@H](NC(=O)OC(C)(C)C)CC1. The first kappa shape index (κ1) is 17.8. The average Bonchev–Trinajstić information content (AvgIpc) is 2.35. The van der Waals surface area contributed by atoms with Crippen molar-refractivity contribution in [2.24, 2.45) is 0 Å². The minimum Gasteiger partial charge on any atom is -0.444 e. The van der Waals surface area contributed by atoms with E-state index in [0.717, 1.165) is 25.7 Å². The van der Waals surface area contributed by atoms with Crippen molar-refractivity contribution < 1.29 is 19.1 Å². The van der Waals surface area contributed by atoms with Crippen molar-refractivity contribution in [1.82, 2.24) is 10.2 Å². The molecule has 21 heavy (non-hydrogen) atoms. The molecular formula is C15H28N2O4. The van der Waals surface area contributed by atoms with Crippen LogP contribution in [0, 0.1) is 0 Å². The van der Waals surface area contributed by atoms with Crippen LogP contribution in [0.2, 0.25) is 0 Å². The molecule has 0 aromatic rings. The minimum absolute atomic E-state index is 0.0241. The van der Waals surface area contributed by atoms with Gasteiger partial charge in [-0.3, -0.25) is 4.79 Å². The molecule has 1 aliphatic rings. The van der Waals surface area contributed by atoms with Gasteiger partial charge in [0.15, 0.2) is 0 Å². The molecule has 1 rings (SSSR count). The van der Waals surface area contributed by atoms with Crippen molar-refractivity contribution in [1.29, 1.82) is 0 Å². The molecule has 6 nitrogen and oxygen atoms in total. The minimum atomic E-state index is -0.475. The number of carbonyl (C=O) groups is 2. The molecule has 2 amide bonds. The Kier molecular flexibility index (Phi) is 6.45. The summed E-state index contributed by atoms with van der Waals surface area (Å²) in [7, 11) is 3.43. The Bertz CT molecular complexity index is 355.